The van der Waals surface area contributed by atoms with E-state index in [-0.39, 0.29) is 17.5 Å². The third-order valence-corrected chi connectivity index (χ3v) is 6.06. The highest BCUT2D eigenvalue weighted by Crippen LogP contribution is 2.26. The standard InChI is InChI=1S/C15H16Cl2N4O2S/c1-21(13-3-5-24(22,23)9-13)14-2-4-18-15(20-14)19-12-7-10(16)6-11(17)8-12/h2,4,6-8,13H,3,5,9H2,1H3,(H,18,19,20). The highest BCUT2D eigenvalue weighted by molar-refractivity contribution is 7.91. The molecule has 1 saturated heterocycles. The van der Waals surface area contributed by atoms with Gasteiger partial charge in [0.2, 0.25) is 5.95 Å². The summed E-state index contributed by atoms with van der Waals surface area (Å²) in [4.78, 5) is 10.5. The molecule has 1 N–H and O–H groups in total. The second kappa shape index (κ2) is 6.74. The van der Waals surface area contributed by atoms with Crippen LogP contribution in [0.15, 0.2) is 30.5 Å². The predicted octanol–water partition coefficient (Wildman–Crippen LogP) is 3.15. The van der Waals surface area contributed by atoms with E-state index in [1.54, 1.807) is 30.5 Å². The number of sulfone groups is 1. The van der Waals surface area contributed by atoms with Crippen LogP contribution < -0.4 is 10.2 Å². The fourth-order valence-corrected chi connectivity index (χ4v) is 4.93. The Morgan fingerprint density at radius 1 is 1.25 bits per heavy atom. The molecule has 1 aliphatic rings. The van der Waals surface area contributed by atoms with Gasteiger partial charge in [0.15, 0.2) is 9.84 Å². The Morgan fingerprint density at radius 2 is 1.96 bits per heavy atom. The Morgan fingerprint density at radius 3 is 2.58 bits per heavy atom. The Hall–Kier alpha value is -1.57. The van der Waals surface area contributed by atoms with Crippen LogP contribution in [0.3, 0.4) is 0 Å². The number of nitrogens with one attached hydrogen (secondary N) is 1. The number of aromatic nitrogens is 2. The lowest BCUT2D eigenvalue weighted by Crippen LogP contribution is -2.33. The van der Waals surface area contributed by atoms with Gasteiger partial charge in [0, 0.05) is 35.0 Å². The molecule has 1 aromatic heterocycles. The van der Waals surface area contributed by atoms with Crippen LogP contribution in [0.2, 0.25) is 10.0 Å². The number of rotatable bonds is 4. The van der Waals surface area contributed by atoms with Gasteiger partial charge < -0.3 is 10.2 Å². The fourth-order valence-electron chi connectivity index (χ4n) is 2.63. The maximum absolute atomic E-state index is 11.7. The van der Waals surface area contributed by atoms with Crippen molar-refractivity contribution in [2.45, 2.75) is 12.5 Å². The first-order valence-electron chi connectivity index (χ1n) is 7.32. The van der Waals surface area contributed by atoms with Gasteiger partial charge in [0.25, 0.3) is 0 Å². The van der Waals surface area contributed by atoms with E-state index >= 15 is 0 Å². The molecule has 0 spiro atoms. The molecule has 2 heterocycles. The van der Waals surface area contributed by atoms with Crippen LogP contribution in [0.4, 0.5) is 17.5 Å². The zero-order chi connectivity index (χ0) is 17.3. The Kier molecular flexibility index (Phi) is 4.85. The number of benzene rings is 1. The van der Waals surface area contributed by atoms with Gasteiger partial charge in [-0.2, -0.15) is 4.98 Å². The van der Waals surface area contributed by atoms with Gasteiger partial charge in [-0.05, 0) is 30.7 Å². The van der Waals surface area contributed by atoms with Crippen LogP contribution in [-0.2, 0) is 9.84 Å². The summed E-state index contributed by atoms with van der Waals surface area (Å²) < 4.78 is 23.3. The van der Waals surface area contributed by atoms with E-state index in [9.17, 15) is 8.42 Å². The number of hydrogen-bond acceptors (Lipinski definition) is 6. The normalized spacial score (nSPS) is 19.2. The van der Waals surface area contributed by atoms with Gasteiger partial charge >= 0.3 is 0 Å². The van der Waals surface area contributed by atoms with Gasteiger partial charge in [0.1, 0.15) is 5.82 Å². The summed E-state index contributed by atoms with van der Waals surface area (Å²) in [7, 11) is -1.11. The molecule has 1 aliphatic heterocycles. The number of nitrogens with zero attached hydrogens (tertiary/aromatic N) is 3. The monoisotopic (exact) mass is 386 g/mol. The van der Waals surface area contributed by atoms with Gasteiger partial charge in [-0.3, -0.25) is 0 Å². The minimum atomic E-state index is -2.95. The molecule has 0 saturated carbocycles. The Bertz CT molecular complexity index is 840. The van der Waals surface area contributed by atoms with Crippen LogP contribution >= 0.6 is 23.2 Å². The van der Waals surface area contributed by atoms with E-state index in [0.29, 0.717) is 33.9 Å². The summed E-state index contributed by atoms with van der Waals surface area (Å²) in [5.41, 5.74) is 0.677. The Labute approximate surface area is 150 Å². The molecule has 1 aromatic carbocycles. The number of hydrogen-bond donors (Lipinski definition) is 1. The minimum absolute atomic E-state index is 0.0710. The van der Waals surface area contributed by atoms with Crippen LogP contribution in [0.1, 0.15) is 6.42 Å². The topological polar surface area (TPSA) is 75.2 Å². The molecule has 0 bridgehead atoms. The molecule has 6 nitrogen and oxygen atoms in total. The quantitative estimate of drug-likeness (QED) is 0.869. The maximum atomic E-state index is 11.7. The molecular weight excluding hydrogens is 371 g/mol. The summed E-state index contributed by atoms with van der Waals surface area (Å²) in [6.45, 7) is 0. The van der Waals surface area contributed by atoms with Crippen molar-refractivity contribution in [1.82, 2.24) is 9.97 Å². The van der Waals surface area contributed by atoms with E-state index in [1.165, 1.54) is 0 Å². The molecule has 0 aliphatic carbocycles. The van der Waals surface area contributed by atoms with Crippen molar-refractivity contribution >= 4 is 50.5 Å². The highest BCUT2D eigenvalue weighted by atomic mass is 35.5. The zero-order valence-corrected chi connectivity index (χ0v) is 15.2. The molecule has 1 unspecified atom stereocenters. The van der Waals surface area contributed by atoms with E-state index < -0.39 is 9.84 Å². The van der Waals surface area contributed by atoms with Crippen LogP contribution in [0.25, 0.3) is 0 Å². The van der Waals surface area contributed by atoms with Crippen molar-refractivity contribution in [3.8, 4) is 0 Å². The lowest BCUT2D eigenvalue weighted by molar-refractivity contribution is 0.600. The second-order valence-corrected chi connectivity index (χ2v) is 8.79. The molecular formula is C15H16Cl2N4O2S. The molecule has 3 rings (SSSR count). The average molecular weight is 387 g/mol. The molecule has 0 amide bonds. The van der Waals surface area contributed by atoms with Gasteiger partial charge in [-0.1, -0.05) is 23.2 Å². The largest absolute Gasteiger partial charge is 0.355 e. The average Bonchev–Trinajstić information content (AvgIpc) is 2.86. The molecule has 24 heavy (non-hydrogen) atoms. The van der Waals surface area contributed by atoms with Crippen molar-refractivity contribution in [2.24, 2.45) is 0 Å². The van der Waals surface area contributed by atoms with E-state index in [0.717, 1.165) is 0 Å². The van der Waals surface area contributed by atoms with Crippen molar-refractivity contribution in [1.29, 1.82) is 0 Å². The Balaban J connectivity index is 1.79. The first kappa shape index (κ1) is 17.3. The minimum Gasteiger partial charge on any atom is -0.355 e. The molecule has 1 fully saturated rings. The van der Waals surface area contributed by atoms with Crippen molar-refractivity contribution in [3.05, 3.63) is 40.5 Å². The van der Waals surface area contributed by atoms with Crippen LogP contribution in [0.5, 0.6) is 0 Å². The summed E-state index contributed by atoms with van der Waals surface area (Å²) >= 11 is 12.0. The molecule has 9 heteroatoms. The summed E-state index contributed by atoms with van der Waals surface area (Å²) in [5.74, 6) is 1.42. The smallest absolute Gasteiger partial charge is 0.229 e. The molecule has 2 aromatic rings. The SMILES string of the molecule is CN(c1ccnc(Nc2cc(Cl)cc(Cl)c2)n1)C1CCS(=O)(=O)C1. The molecule has 128 valence electrons. The van der Waals surface area contributed by atoms with E-state index in [2.05, 4.69) is 15.3 Å². The molecule has 0 radical (unpaired) electrons. The fraction of sp³-hybridized carbons (Fsp3) is 0.333. The van der Waals surface area contributed by atoms with E-state index in [4.69, 9.17) is 23.2 Å². The third kappa shape index (κ3) is 4.09. The number of anilines is 3. The lowest BCUT2D eigenvalue weighted by Gasteiger charge is -2.24. The van der Waals surface area contributed by atoms with E-state index in [1.807, 2.05) is 11.9 Å². The predicted molar refractivity (Wildman–Crippen MR) is 97.2 cm³/mol. The summed E-state index contributed by atoms with van der Waals surface area (Å²) in [6, 6.07) is 6.76. The van der Waals surface area contributed by atoms with Crippen molar-refractivity contribution in [3.63, 3.8) is 0 Å². The van der Waals surface area contributed by atoms with Crippen LogP contribution in [0, 0.1) is 0 Å². The van der Waals surface area contributed by atoms with Gasteiger partial charge in [-0.25, -0.2) is 13.4 Å². The third-order valence-electron chi connectivity index (χ3n) is 3.88. The van der Waals surface area contributed by atoms with Gasteiger partial charge in [0.05, 0.1) is 11.5 Å². The number of halogens is 2. The van der Waals surface area contributed by atoms with Gasteiger partial charge in [-0.15, -0.1) is 0 Å². The molecule has 1 atom stereocenters. The second-order valence-electron chi connectivity index (χ2n) is 5.69. The van der Waals surface area contributed by atoms with Crippen molar-refractivity contribution in [2.75, 3.05) is 28.8 Å². The first-order chi connectivity index (χ1) is 11.3. The zero-order valence-electron chi connectivity index (χ0n) is 12.9. The lowest BCUT2D eigenvalue weighted by atomic mass is 10.2. The summed E-state index contributed by atoms with van der Waals surface area (Å²) in [6.07, 6.45) is 2.23. The maximum Gasteiger partial charge on any atom is 0.229 e. The summed E-state index contributed by atoms with van der Waals surface area (Å²) in [5, 5.41) is 4.07. The van der Waals surface area contributed by atoms with Crippen LogP contribution in [-0.4, -0.2) is 43.0 Å². The first-order valence-corrected chi connectivity index (χ1v) is 9.89. The van der Waals surface area contributed by atoms with Crippen molar-refractivity contribution < 1.29 is 8.42 Å². The highest BCUT2D eigenvalue weighted by Gasteiger charge is 2.31.